The number of nitrogens with zero attached hydrogens (tertiary/aromatic N) is 4. The van der Waals surface area contributed by atoms with Crippen molar-refractivity contribution in [3.8, 4) is 10.6 Å². The lowest BCUT2D eigenvalue weighted by Gasteiger charge is -2.18. The minimum atomic E-state index is -0.480. The Balaban J connectivity index is 1.65. The molecule has 0 bridgehead atoms. The quantitative estimate of drug-likeness (QED) is 0.661. The van der Waals surface area contributed by atoms with Crippen LogP contribution >= 0.6 is 11.3 Å². The van der Waals surface area contributed by atoms with Gasteiger partial charge in [-0.1, -0.05) is 6.07 Å². The Bertz CT molecular complexity index is 956. The molecule has 3 heterocycles. The van der Waals surface area contributed by atoms with Crippen LogP contribution in [0.2, 0.25) is 0 Å². The summed E-state index contributed by atoms with van der Waals surface area (Å²) in [4.78, 5) is 38.9. The minimum absolute atomic E-state index is 0.171. The summed E-state index contributed by atoms with van der Waals surface area (Å²) in [5.74, 6) is 0.556. The van der Waals surface area contributed by atoms with Gasteiger partial charge in [0, 0.05) is 36.4 Å². The van der Waals surface area contributed by atoms with Crippen LogP contribution in [0.5, 0.6) is 0 Å². The van der Waals surface area contributed by atoms with Crippen LogP contribution < -0.4 is 10.6 Å². The summed E-state index contributed by atoms with van der Waals surface area (Å²) in [6, 6.07) is 8.17. The Morgan fingerprint density at radius 3 is 2.43 bits per heavy atom. The van der Waals surface area contributed by atoms with E-state index in [2.05, 4.69) is 25.6 Å². The zero-order valence-electron chi connectivity index (χ0n) is 15.5. The molecule has 3 rings (SSSR count). The van der Waals surface area contributed by atoms with Gasteiger partial charge in [-0.25, -0.2) is 14.8 Å². The lowest BCUT2D eigenvalue weighted by atomic mass is 10.3. The van der Waals surface area contributed by atoms with Gasteiger partial charge in [0.25, 0.3) is 5.91 Å². The Labute approximate surface area is 166 Å². The number of nitrogens with one attached hydrogen (secondary N) is 2. The third kappa shape index (κ3) is 4.68. The van der Waals surface area contributed by atoms with Crippen LogP contribution in [0, 0.1) is 0 Å². The second-order valence-electron chi connectivity index (χ2n) is 5.74. The molecule has 0 aliphatic heterocycles. The van der Waals surface area contributed by atoms with E-state index in [1.54, 1.807) is 40.9 Å². The molecule has 3 aromatic rings. The third-order valence-electron chi connectivity index (χ3n) is 3.93. The number of rotatable bonds is 6. The van der Waals surface area contributed by atoms with Gasteiger partial charge in [0.2, 0.25) is 0 Å². The maximum absolute atomic E-state index is 12.4. The Morgan fingerprint density at radius 2 is 1.71 bits per heavy atom. The van der Waals surface area contributed by atoms with Gasteiger partial charge in [-0.05, 0) is 38.1 Å². The molecule has 0 unspecified atom stereocenters. The number of hydrogen-bond donors (Lipinski definition) is 2. The Kier molecular flexibility index (Phi) is 6.28. The molecule has 0 saturated carbocycles. The van der Waals surface area contributed by atoms with Gasteiger partial charge in [0.1, 0.15) is 22.3 Å². The first kappa shape index (κ1) is 19.4. The van der Waals surface area contributed by atoms with Crippen molar-refractivity contribution >= 4 is 34.9 Å². The Morgan fingerprint density at radius 1 is 1.00 bits per heavy atom. The lowest BCUT2D eigenvalue weighted by molar-refractivity contribution is 0.0767. The number of aromatic nitrogens is 3. The van der Waals surface area contributed by atoms with Crippen molar-refractivity contribution in [1.29, 1.82) is 0 Å². The van der Waals surface area contributed by atoms with E-state index in [1.165, 1.54) is 11.3 Å². The second-order valence-corrected chi connectivity index (χ2v) is 6.60. The molecule has 0 radical (unpaired) electrons. The van der Waals surface area contributed by atoms with Gasteiger partial charge in [0.05, 0.1) is 0 Å². The highest BCUT2D eigenvalue weighted by atomic mass is 32.1. The van der Waals surface area contributed by atoms with E-state index in [0.717, 1.165) is 10.6 Å². The van der Waals surface area contributed by atoms with E-state index < -0.39 is 6.03 Å². The van der Waals surface area contributed by atoms with E-state index in [0.29, 0.717) is 24.7 Å². The van der Waals surface area contributed by atoms with Crippen LogP contribution in [-0.4, -0.2) is 44.9 Å². The van der Waals surface area contributed by atoms with Crippen LogP contribution in [0.1, 0.15) is 24.3 Å². The van der Waals surface area contributed by atoms with E-state index >= 15 is 0 Å². The maximum Gasteiger partial charge on any atom is 0.326 e. The number of amides is 3. The van der Waals surface area contributed by atoms with Crippen LogP contribution in [0.4, 0.5) is 16.4 Å². The molecule has 0 fully saturated rings. The summed E-state index contributed by atoms with van der Waals surface area (Å²) in [6.45, 7) is 5.01. The van der Waals surface area contributed by atoms with Gasteiger partial charge in [-0.3, -0.25) is 20.4 Å². The summed E-state index contributed by atoms with van der Waals surface area (Å²) < 4.78 is 0. The number of pyridine rings is 2. The first-order chi connectivity index (χ1) is 13.6. The SMILES string of the molecule is CCN(CC)C(=O)c1cccc(NC(=O)Nc2csc(-c3ccncc3)n2)n1. The van der Waals surface area contributed by atoms with Crippen molar-refractivity contribution in [3.63, 3.8) is 0 Å². The fourth-order valence-corrected chi connectivity index (χ4v) is 3.28. The van der Waals surface area contributed by atoms with Gasteiger partial charge >= 0.3 is 6.03 Å². The molecule has 0 atom stereocenters. The summed E-state index contributed by atoms with van der Waals surface area (Å²) >= 11 is 1.42. The van der Waals surface area contributed by atoms with Gasteiger partial charge < -0.3 is 4.90 Å². The molecule has 2 N–H and O–H groups in total. The van der Waals surface area contributed by atoms with Crippen LogP contribution in [0.3, 0.4) is 0 Å². The highest BCUT2D eigenvalue weighted by molar-refractivity contribution is 7.13. The molecule has 9 heteroatoms. The van der Waals surface area contributed by atoms with Gasteiger partial charge in [0.15, 0.2) is 0 Å². The maximum atomic E-state index is 12.4. The van der Waals surface area contributed by atoms with Crippen molar-refractivity contribution in [2.75, 3.05) is 23.7 Å². The summed E-state index contributed by atoms with van der Waals surface area (Å²) in [6.07, 6.45) is 3.38. The number of thiazole rings is 1. The monoisotopic (exact) mass is 396 g/mol. The zero-order valence-corrected chi connectivity index (χ0v) is 16.4. The molecular weight excluding hydrogens is 376 g/mol. The smallest absolute Gasteiger partial charge is 0.326 e. The number of hydrogen-bond acceptors (Lipinski definition) is 6. The summed E-state index contributed by atoms with van der Waals surface area (Å²) in [7, 11) is 0. The van der Waals surface area contributed by atoms with E-state index in [1.807, 2.05) is 26.0 Å². The largest absolute Gasteiger partial charge is 0.338 e. The predicted octanol–water partition coefficient (Wildman–Crippen LogP) is 3.73. The van der Waals surface area contributed by atoms with Gasteiger partial charge in [-0.15, -0.1) is 11.3 Å². The van der Waals surface area contributed by atoms with E-state index in [-0.39, 0.29) is 11.6 Å². The zero-order chi connectivity index (χ0) is 19.9. The topological polar surface area (TPSA) is 100 Å². The average molecular weight is 396 g/mol. The fourth-order valence-electron chi connectivity index (χ4n) is 2.52. The molecule has 0 saturated heterocycles. The second kappa shape index (κ2) is 9.05. The normalized spacial score (nSPS) is 10.4. The molecule has 0 spiro atoms. The predicted molar refractivity (Wildman–Crippen MR) is 109 cm³/mol. The molecular formula is C19H20N6O2S. The first-order valence-corrected chi connectivity index (χ1v) is 9.69. The highest BCUT2D eigenvalue weighted by Gasteiger charge is 2.15. The number of anilines is 2. The van der Waals surface area contributed by atoms with E-state index in [9.17, 15) is 9.59 Å². The standard InChI is InChI=1S/C19H20N6O2S/c1-3-25(4-2)18(26)14-6-5-7-15(21-14)23-19(27)24-16-12-28-17(22-16)13-8-10-20-11-9-13/h5-12H,3-4H2,1-2H3,(H2,21,23,24,27). The molecule has 28 heavy (non-hydrogen) atoms. The van der Waals surface area contributed by atoms with Crippen LogP contribution in [0.25, 0.3) is 10.6 Å². The molecule has 144 valence electrons. The van der Waals surface area contributed by atoms with Crippen molar-refractivity contribution in [3.05, 3.63) is 53.8 Å². The Hall–Kier alpha value is -3.33. The minimum Gasteiger partial charge on any atom is -0.338 e. The third-order valence-corrected chi connectivity index (χ3v) is 4.82. The fraction of sp³-hybridized carbons (Fsp3) is 0.211. The molecule has 0 aliphatic carbocycles. The molecule has 3 aromatic heterocycles. The molecule has 0 aromatic carbocycles. The molecule has 3 amide bonds. The first-order valence-electron chi connectivity index (χ1n) is 8.81. The average Bonchev–Trinajstić information content (AvgIpc) is 3.18. The molecule has 8 nitrogen and oxygen atoms in total. The van der Waals surface area contributed by atoms with Crippen LogP contribution in [-0.2, 0) is 0 Å². The number of carbonyl (C=O) groups excluding carboxylic acids is 2. The number of carbonyl (C=O) groups is 2. The highest BCUT2D eigenvalue weighted by Crippen LogP contribution is 2.25. The lowest BCUT2D eigenvalue weighted by Crippen LogP contribution is -2.31. The van der Waals surface area contributed by atoms with Crippen molar-refractivity contribution in [1.82, 2.24) is 19.9 Å². The van der Waals surface area contributed by atoms with Crippen molar-refractivity contribution in [2.24, 2.45) is 0 Å². The van der Waals surface area contributed by atoms with Crippen LogP contribution in [0.15, 0.2) is 48.1 Å². The number of urea groups is 1. The van der Waals surface area contributed by atoms with Gasteiger partial charge in [-0.2, -0.15) is 0 Å². The van der Waals surface area contributed by atoms with E-state index in [4.69, 9.17) is 0 Å². The van der Waals surface area contributed by atoms with Crippen molar-refractivity contribution < 1.29 is 9.59 Å². The summed E-state index contributed by atoms with van der Waals surface area (Å²) in [5.41, 5.74) is 1.22. The van der Waals surface area contributed by atoms with Crippen molar-refractivity contribution in [2.45, 2.75) is 13.8 Å². The molecule has 0 aliphatic rings. The summed E-state index contributed by atoms with van der Waals surface area (Å²) in [5, 5.41) is 7.84.